The van der Waals surface area contributed by atoms with Crippen LogP contribution in [0, 0.1) is 0 Å². The van der Waals surface area contributed by atoms with Crippen LogP contribution in [0.2, 0.25) is 0 Å². The number of nitrogens with zero attached hydrogens (tertiary/aromatic N) is 2. The van der Waals surface area contributed by atoms with E-state index in [1.807, 2.05) is 38.1 Å². The minimum Gasteiger partial charge on any atom is -0.508 e. The van der Waals surface area contributed by atoms with Crippen LogP contribution in [-0.4, -0.2) is 27.3 Å². The van der Waals surface area contributed by atoms with Crippen molar-refractivity contribution in [1.82, 2.24) is 15.5 Å². The van der Waals surface area contributed by atoms with Crippen molar-refractivity contribution in [2.75, 3.05) is 0 Å². The summed E-state index contributed by atoms with van der Waals surface area (Å²) in [6.07, 6.45) is 1.22. The monoisotopic (exact) mass is 353 g/mol. The predicted molar refractivity (Wildman–Crippen MR) is 94.8 cm³/mol. The molecule has 0 saturated carbocycles. The van der Waals surface area contributed by atoms with E-state index in [0.29, 0.717) is 23.7 Å². The highest BCUT2D eigenvalue weighted by molar-refractivity contribution is 5.95. The number of aromatic nitrogens is 2. The van der Waals surface area contributed by atoms with E-state index in [9.17, 15) is 9.90 Å². The fourth-order valence-electron chi connectivity index (χ4n) is 2.41. The van der Waals surface area contributed by atoms with Crippen LogP contribution < -0.4 is 10.1 Å². The van der Waals surface area contributed by atoms with Crippen molar-refractivity contribution in [3.63, 3.8) is 0 Å². The van der Waals surface area contributed by atoms with Crippen molar-refractivity contribution in [3.05, 3.63) is 60.0 Å². The van der Waals surface area contributed by atoms with Gasteiger partial charge in [0.25, 0.3) is 5.91 Å². The number of nitrogens with one attached hydrogen (secondary N) is 1. The quantitative estimate of drug-likeness (QED) is 0.706. The maximum absolute atomic E-state index is 12.4. The third kappa shape index (κ3) is 4.38. The number of ether oxygens (including phenoxy) is 1. The van der Waals surface area contributed by atoms with Crippen LogP contribution in [0.3, 0.4) is 0 Å². The van der Waals surface area contributed by atoms with Crippen LogP contribution in [0.15, 0.2) is 53.4 Å². The smallest absolute Gasteiger partial charge is 0.251 e. The molecule has 0 bridgehead atoms. The fraction of sp³-hybridized carbons (Fsp3) is 0.211. The van der Waals surface area contributed by atoms with Gasteiger partial charge in [-0.15, -0.1) is 0 Å². The topological polar surface area (TPSA) is 97.5 Å². The highest BCUT2D eigenvalue weighted by Crippen LogP contribution is 2.23. The van der Waals surface area contributed by atoms with Crippen molar-refractivity contribution in [2.24, 2.45) is 0 Å². The molecular weight excluding hydrogens is 334 g/mol. The second-order valence-electron chi connectivity index (χ2n) is 6.02. The minimum absolute atomic E-state index is 0.0160. The van der Waals surface area contributed by atoms with Gasteiger partial charge in [0.05, 0.1) is 6.10 Å². The Bertz CT molecular complexity index is 874. The van der Waals surface area contributed by atoms with Crippen LogP contribution in [0.4, 0.5) is 0 Å². The van der Waals surface area contributed by atoms with Crippen LogP contribution in [0.1, 0.15) is 29.8 Å². The molecule has 0 aliphatic carbocycles. The van der Waals surface area contributed by atoms with E-state index in [0.717, 1.165) is 11.1 Å². The van der Waals surface area contributed by atoms with Gasteiger partial charge in [0.2, 0.25) is 12.2 Å². The molecule has 0 saturated heterocycles. The molecule has 3 rings (SSSR count). The molecule has 134 valence electrons. The lowest BCUT2D eigenvalue weighted by atomic mass is 10.1. The standard InChI is InChI=1S/C19H19N3O4/c1-12(2)26-17-8-15(7-16(23)9-17)19(24)20-10-13-3-5-14(6-4-13)18-21-11-25-22-18/h3-9,11-12,23H,10H2,1-2H3,(H,20,24). The molecule has 1 heterocycles. The summed E-state index contributed by atoms with van der Waals surface area (Å²) in [5.74, 6) is 0.655. The summed E-state index contributed by atoms with van der Waals surface area (Å²) < 4.78 is 10.3. The molecule has 0 aliphatic heterocycles. The largest absolute Gasteiger partial charge is 0.508 e. The summed E-state index contributed by atoms with van der Waals surface area (Å²) in [5, 5.41) is 16.4. The van der Waals surface area contributed by atoms with Gasteiger partial charge in [-0.2, -0.15) is 4.98 Å². The number of rotatable bonds is 6. The van der Waals surface area contributed by atoms with E-state index >= 15 is 0 Å². The molecule has 2 aromatic carbocycles. The fourth-order valence-corrected chi connectivity index (χ4v) is 2.41. The summed E-state index contributed by atoms with van der Waals surface area (Å²) >= 11 is 0. The van der Waals surface area contributed by atoms with Gasteiger partial charge < -0.3 is 19.7 Å². The van der Waals surface area contributed by atoms with E-state index in [1.54, 1.807) is 6.07 Å². The maximum atomic E-state index is 12.4. The van der Waals surface area contributed by atoms with Crippen molar-refractivity contribution < 1.29 is 19.2 Å². The second kappa shape index (κ2) is 7.69. The lowest BCUT2D eigenvalue weighted by Gasteiger charge is -2.12. The average molecular weight is 353 g/mol. The molecule has 26 heavy (non-hydrogen) atoms. The maximum Gasteiger partial charge on any atom is 0.251 e. The minimum atomic E-state index is -0.295. The number of hydrogen-bond donors (Lipinski definition) is 2. The van der Waals surface area contributed by atoms with Gasteiger partial charge in [-0.25, -0.2) is 0 Å². The van der Waals surface area contributed by atoms with Gasteiger partial charge >= 0.3 is 0 Å². The van der Waals surface area contributed by atoms with Crippen LogP contribution in [-0.2, 0) is 6.54 Å². The molecule has 1 amide bonds. The number of phenols is 1. The number of hydrogen-bond acceptors (Lipinski definition) is 6. The molecule has 2 N–H and O–H groups in total. The number of benzene rings is 2. The number of phenolic OH excluding ortho intramolecular Hbond substituents is 1. The first-order valence-corrected chi connectivity index (χ1v) is 8.16. The Morgan fingerprint density at radius 3 is 2.65 bits per heavy atom. The first kappa shape index (κ1) is 17.5. The number of carbonyl (C=O) groups is 1. The molecule has 3 aromatic rings. The van der Waals surface area contributed by atoms with E-state index in [4.69, 9.17) is 9.26 Å². The number of carbonyl (C=O) groups excluding carboxylic acids is 1. The van der Waals surface area contributed by atoms with E-state index < -0.39 is 0 Å². The molecule has 0 fully saturated rings. The van der Waals surface area contributed by atoms with E-state index in [2.05, 4.69) is 15.5 Å². The SMILES string of the molecule is CC(C)Oc1cc(O)cc(C(=O)NCc2ccc(-c3ncon3)cc2)c1. The Balaban J connectivity index is 1.64. The molecule has 1 aromatic heterocycles. The predicted octanol–water partition coefficient (Wildman–Crippen LogP) is 3.16. The van der Waals surface area contributed by atoms with Crippen LogP contribution in [0.5, 0.6) is 11.5 Å². The van der Waals surface area contributed by atoms with E-state index in [1.165, 1.54) is 18.5 Å². The molecule has 0 atom stereocenters. The summed E-state index contributed by atoms with van der Waals surface area (Å²) in [7, 11) is 0. The van der Waals surface area contributed by atoms with Crippen molar-refractivity contribution in [3.8, 4) is 22.9 Å². The molecule has 0 spiro atoms. The first-order chi connectivity index (χ1) is 12.5. The Morgan fingerprint density at radius 2 is 2.00 bits per heavy atom. The Kier molecular flexibility index (Phi) is 5.17. The Labute approximate surface area is 150 Å². The molecule has 7 heteroatoms. The molecule has 0 radical (unpaired) electrons. The normalized spacial score (nSPS) is 10.7. The first-order valence-electron chi connectivity index (χ1n) is 8.16. The van der Waals surface area contributed by atoms with Crippen LogP contribution in [0.25, 0.3) is 11.4 Å². The van der Waals surface area contributed by atoms with Crippen molar-refractivity contribution in [1.29, 1.82) is 0 Å². The average Bonchev–Trinajstić information content (AvgIpc) is 3.13. The molecule has 0 aliphatic rings. The third-order valence-corrected chi connectivity index (χ3v) is 3.55. The number of amides is 1. The van der Waals surface area contributed by atoms with Gasteiger partial charge in [0, 0.05) is 23.7 Å². The van der Waals surface area contributed by atoms with Gasteiger partial charge in [0.15, 0.2) is 0 Å². The zero-order chi connectivity index (χ0) is 18.5. The summed E-state index contributed by atoms with van der Waals surface area (Å²) in [4.78, 5) is 16.3. The third-order valence-electron chi connectivity index (χ3n) is 3.55. The lowest BCUT2D eigenvalue weighted by Crippen LogP contribution is -2.22. The van der Waals surface area contributed by atoms with Crippen molar-refractivity contribution in [2.45, 2.75) is 26.5 Å². The molecule has 7 nitrogen and oxygen atoms in total. The molecule has 0 unspecified atom stereocenters. The Morgan fingerprint density at radius 1 is 1.23 bits per heavy atom. The zero-order valence-electron chi connectivity index (χ0n) is 14.5. The summed E-state index contributed by atoms with van der Waals surface area (Å²) in [5.41, 5.74) is 2.09. The van der Waals surface area contributed by atoms with Crippen LogP contribution >= 0.6 is 0 Å². The highest BCUT2D eigenvalue weighted by atomic mass is 16.5. The van der Waals surface area contributed by atoms with Crippen molar-refractivity contribution >= 4 is 5.91 Å². The highest BCUT2D eigenvalue weighted by Gasteiger charge is 2.10. The lowest BCUT2D eigenvalue weighted by molar-refractivity contribution is 0.0949. The Hall–Kier alpha value is -3.35. The second-order valence-corrected chi connectivity index (χ2v) is 6.02. The zero-order valence-corrected chi connectivity index (χ0v) is 14.5. The summed E-state index contributed by atoms with van der Waals surface area (Å²) in [6.45, 7) is 4.10. The van der Waals surface area contributed by atoms with Gasteiger partial charge in [0.1, 0.15) is 11.5 Å². The van der Waals surface area contributed by atoms with Gasteiger partial charge in [-0.05, 0) is 31.5 Å². The molecular formula is C19H19N3O4. The number of aromatic hydroxyl groups is 1. The van der Waals surface area contributed by atoms with Gasteiger partial charge in [-0.3, -0.25) is 4.79 Å². The van der Waals surface area contributed by atoms with E-state index in [-0.39, 0.29) is 17.8 Å². The van der Waals surface area contributed by atoms with Gasteiger partial charge in [-0.1, -0.05) is 29.4 Å². The summed E-state index contributed by atoms with van der Waals surface area (Å²) in [6, 6.07) is 12.0.